The Hall–Kier alpha value is -0.760. The van der Waals surface area contributed by atoms with E-state index in [2.05, 4.69) is 12.2 Å². The minimum Gasteiger partial charge on any atom is -0.385 e. The first-order valence-electron chi connectivity index (χ1n) is 8.43. The summed E-state index contributed by atoms with van der Waals surface area (Å²) in [6.07, 6.45) is 13.4. The number of hydrogen-bond donors (Lipinski definition) is 1. The van der Waals surface area contributed by atoms with Gasteiger partial charge in [0.25, 0.3) is 0 Å². The molecular formula is C18H29ClFN. The summed E-state index contributed by atoms with van der Waals surface area (Å²) >= 11 is 5.74. The zero-order valence-corrected chi connectivity index (χ0v) is 14.0. The van der Waals surface area contributed by atoms with E-state index in [1.807, 2.05) is 0 Å². The molecule has 0 aliphatic heterocycles. The van der Waals surface area contributed by atoms with Gasteiger partial charge in [-0.3, -0.25) is 0 Å². The highest BCUT2D eigenvalue weighted by Crippen LogP contribution is 2.19. The third-order valence-electron chi connectivity index (χ3n) is 3.78. The number of unbranched alkanes of at least 4 members (excludes halogenated alkanes) is 9. The molecule has 0 amide bonds. The third kappa shape index (κ3) is 8.98. The van der Waals surface area contributed by atoms with Crippen molar-refractivity contribution in [3.63, 3.8) is 0 Å². The zero-order valence-electron chi connectivity index (χ0n) is 13.3. The number of anilines is 1. The van der Waals surface area contributed by atoms with E-state index in [4.69, 9.17) is 11.6 Å². The zero-order chi connectivity index (χ0) is 15.3. The molecule has 0 aromatic heterocycles. The van der Waals surface area contributed by atoms with Gasteiger partial charge in [-0.05, 0) is 24.6 Å². The van der Waals surface area contributed by atoms with Gasteiger partial charge in [0, 0.05) is 12.2 Å². The molecule has 0 atom stereocenters. The highest BCUT2D eigenvalue weighted by atomic mass is 35.5. The Labute approximate surface area is 134 Å². The normalized spacial score (nSPS) is 10.8. The molecular weight excluding hydrogens is 285 g/mol. The Morgan fingerprint density at radius 2 is 1.48 bits per heavy atom. The summed E-state index contributed by atoms with van der Waals surface area (Å²) in [6.45, 7) is 3.19. The molecule has 21 heavy (non-hydrogen) atoms. The van der Waals surface area contributed by atoms with E-state index >= 15 is 0 Å². The molecule has 0 aliphatic carbocycles. The van der Waals surface area contributed by atoms with Gasteiger partial charge >= 0.3 is 0 Å². The average Bonchev–Trinajstić information content (AvgIpc) is 2.48. The van der Waals surface area contributed by atoms with E-state index in [1.165, 1.54) is 63.9 Å². The first-order valence-corrected chi connectivity index (χ1v) is 8.80. The van der Waals surface area contributed by atoms with E-state index in [1.54, 1.807) is 12.1 Å². The molecule has 0 fully saturated rings. The molecule has 0 heterocycles. The SMILES string of the molecule is CCCCCCCCCCCCNc1ccc(F)c(Cl)c1. The topological polar surface area (TPSA) is 12.0 Å². The predicted octanol–water partition coefficient (Wildman–Crippen LogP) is 6.81. The minimum atomic E-state index is -0.360. The fraction of sp³-hybridized carbons (Fsp3) is 0.667. The van der Waals surface area contributed by atoms with E-state index in [0.717, 1.165) is 18.7 Å². The fourth-order valence-electron chi connectivity index (χ4n) is 2.45. The molecule has 1 aromatic rings. The van der Waals surface area contributed by atoms with Crippen LogP contribution in [0.5, 0.6) is 0 Å². The van der Waals surface area contributed by atoms with Gasteiger partial charge < -0.3 is 5.32 Å². The van der Waals surface area contributed by atoms with Crippen molar-refractivity contribution in [2.75, 3.05) is 11.9 Å². The maximum Gasteiger partial charge on any atom is 0.141 e. The fourth-order valence-corrected chi connectivity index (χ4v) is 2.63. The molecule has 3 heteroatoms. The predicted molar refractivity (Wildman–Crippen MR) is 91.7 cm³/mol. The number of benzene rings is 1. The molecule has 1 N–H and O–H groups in total. The van der Waals surface area contributed by atoms with Crippen LogP contribution in [0, 0.1) is 5.82 Å². The maximum atomic E-state index is 13.0. The van der Waals surface area contributed by atoms with Crippen molar-refractivity contribution >= 4 is 17.3 Å². The van der Waals surface area contributed by atoms with Crippen LogP contribution in [0.15, 0.2) is 18.2 Å². The summed E-state index contributed by atoms with van der Waals surface area (Å²) in [4.78, 5) is 0. The van der Waals surface area contributed by atoms with E-state index in [-0.39, 0.29) is 10.8 Å². The minimum absolute atomic E-state index is 0.183. The molecule has 120 valence electrons. The van der Waals surface area contributed by atoms with Crippen molar-refractivity contribution in [3.05, 3.63) is 29.0 Å². The second-order valence-corrected chi connectivity index (χ2v) is 6.14. The van der Waals surface area contributed by atoms with Gasteiger partial charge in [-0.15, -0.1) is 0 Å². The van der Waals surface area contributed by atoms with E-state index < -0.39 is 0 Å². The molecule has 0 unspecified atom stereocenters. The lowest BCUT2D eigenvalue weighted by Crippen LogP contribution is -2.01. The molecule has 0 radical (unpaired) electrons. The van der Waals surface area contributed by atoms with Crippen LogP contribution in [0.4, 0.5) is 10.1 Å². The van der Waals surface area contributed by atoms with Gasteiger partial charge in [0.2, 0.25) is 0 Å². The van der Waals surface area contributed by atoms with Gasteiger partial charge in [-0.1, -0.05) is 76.3 Å². The molecule has 0 spiro atoms. The van der Waals surface area contributed by atoms with Crippen LogP contribution in [0.25, 0.3) is 0 Å². The Morgan fingerprint density at radius 3 is 2.05 bits per heavy atom. The van der Waals surface area contributed by atoms with Crippen LogP contribution in [-0.2, 0) is 0 Å². The Bertz CT molecular complexity index is 381. The molecule has 0 bridgehead atoms. The average molecular weight is 314 g/mol. The lowest BCUT2D eigenvalue weighted by Gasteiger charge is -2.07. The Morgan fingerprint density at radius 1 is 0.905 bits per heavy atom. The van der Waals surface area contributed by atoms with Crippen molar-refractivity contribution in [2.24, 2.45) is 0 Å². The number of halogens is 2. The van der Waals surface area contributed by atoms with Crippen LogP contribution in [0.3, 0.4) is 0 Å². The largest absolute Gasteiger partial charge is 0.385 e. The van der Waals surface area contributed by atoms with Crippen LogP contribution in [0.2, 0.25) is 5.02 Å². The second-order valence-electron chi connectivity index (χ2n) is 5.74. The molecule has 0 saturated carbocycles. The quantitative estimate of drug-likeness (QED) is 0.418. The first-order chi connectivity index (χ1) is 10.2. The second kappa shape index (κ2) is 11.9. The van der Waals surface area contributed by atoms with Gasteiger partial charge in [0.1, 0.15) is 5.82 Å². The number of rotatable bonds is 12. The number of nitrogens with one attached hydrogen (secondary N) is 1. The summed E-state index contributed by atoms with van der Waals surface area (Å²) in [5.74, 6) is -0.360. The monoisotopic (exact) mass is 313 g/mol. The summed E-state index contributed by atoms with van der Waals surface area (Å²) in [7, 11) is 0. The summed E-state index contributed by atoms with van der Waals surface area (Å²) in [5.41, 5.74) is 0.900. The van der Waals surface area contributed by atoms with Crippen molar-refractivity contribution in [1.82, 2.24) is 0 Å². The molecule has 0 aliphatic rings. The van der Waals surface area contributed by atoms with Gasteiger partial charge in [-0.25, -0.2) is 4.39 Å². The maximum absolute atomic E-state index is 13.0. The summed E-state index contributed by atoms with van der Waals surface area (Å²) in [6, 6.07) is 4.79. The van der Waals surface area contributed by atoms with Crippen LogP contribution in [-0.4, -0.2) is 6.54 Å². The number of hydrogen-bond acceptors (Lipinski definition) is 1. The van der Waals surface area contributed by atoms with Crippen LogP contribution >= 0.6 is 11.6 Å². The van der Waals surface area contributed by atoms with Gasteiger partial charge in [-0.2, -0.15) is 0 Å². The van der Waals surface area contributed by atoms with Crippen LogP contribution < -0.4 is 5.32 Å². The van der Waals surface area contributed by atoms with E-state index in [0.29, 0.717) is 0 Å². The lowest BCUT2D eigenvalue weighted by atomic mass is 10.1. The molecule has 0 saturated heterocycles. The highest BCUT2D eigenvalue weighted by molar-refractivity contribution is 6.31. The highest BCUT2D eigenvalue weighted by Gasteiger charge is 2.00. The Balaban J connectivity index is 1.91. The summed E-state index contributed by atoms with van der Waals surface area (Å²) < 4.78 is 13.0. The Kier molecular flexibility index (Phi) is 10.3. The standard InChI is InChI=1S/C18H29ClFN/c1-2-3-4-5-6-7-8-9-10-11-14-21-16-12-13-18(20)17(19)15-16/h12-13,15,21H,2-11,14H2,1H3. The third-order valence-corrected chi connectivity index (χ3v) is 4.07. The van der Waals surface area contributed by atoms with Gasteiger partial charge in [0.05, 0.1) is 5.02 Å². The van der Waals surface area contributed by atoms with Crippen molar-refractivity contribution in [1.29, 1.82) is 0 Å². The molecule has 1 aromatic carbocycles. The van der Waals surface area contributed by atoms with Crippen LogP contribution in [0.1, 0.15) is 71.1 Å². The lowest BCUT2D eigenvalue weighted by molar-refractivity contribution is 0.560. The van der Waals surface area contributed by atoms with E-state index in [9.17, 15) is 4.39 Å². The van der Waals surface area contributed by atoms with Crippen molar-refractivity contribution in [3.8, 4) is 0 Å². The molecule has 1 rings (SSSR count). The first kappa shape index (κ1) is 18.3. The smallest absolute Gasteiger partial charge is 0.141 e. The van der Waals surface area contributed by atoms with Crippen molar-refractivity contribution in [2.45, 2.75) is 71.1 Å². The molecule has 1 nitrogen and oxygen atoms in total. The van der Waals surface area contributed by atoms with Crippen molar-refractivity contribution < 1.29 is 4.39 Å². The van der Waals surface area contributed by atoms with Gasteiger partial charge in [0.15, 0.2) is 0 Å². The summed E-state index contributed by atoms with van der Waals surface area (Å²) in [5, 5.41) is 3.47.